The highest BCUT2D eigenvalue weighted by Crippen LogP contribution is 2.31. The molecule has 2 N–H and O–H groups in total. The normalized spacial score (nSPS) is 21.5. The van der Waals surface area contributed by atoms with Crippen molar-refractivity contribution in [2.24, 2.45) is 11.8 Å². The molecule has 1 aliphatic carbocycles. The number of amides is 1. The minimum atomic E-state index is -3.90. The second-order valence-electron chi connectivity index (χ2n) is 8.29. The maximum Gasteiger partial charge on any atom is 0.258 e. The number of hydrogen-bond donors (Lipinski definition) is 2. The van der Waals surface area contributed by atoms with Crippen molar-refractivity contribution in [3.63, 3.8) is 0 Å². The van der Waals surface area contributed by atoms with Gasteiger partial charge >= 0.3 is 0 Å². The SMILES string of the molecule is COc1ccc(C)cc1NC(=O)c1cc(S(=O)(=O)N[C@@H]2CCC[C@H](C)[C@@H]2C)ccc1F. The fraction of sp³-hybridized carbons (Fsp3) is 0.435. The van der Waals surface area contributed by atoms with E-state index in [1.807, 2.05) is 19.9 Å². The van der Waals surface area contributed by atoms with Crippen LogP contribution < -0.4 is 14.8 Å². The van der Waals surface area contributed by atoms with E-state index in [0.717, 1.165) is 37.0 Å². The third-order valence-corrected chi connectivity index (χ3v) is 7.60. The highest BCUT2D eigenvalue weighted by Gasteiger charge is 2.31. The Morgan fingerprint density at radius 2 is 1.87 bits per heavy atom. The summed E-state index contributed by atoms with van der Waals surface area (Å²) in [5, 5.41) is 2.61. The van der Waals surface area contributed by atoms with Gasteiger partial charge in [0.2, 0.25) is 10.0 Å². The van der Waals surface area contributed by atoms with Crippen molar-refractivity contribution in [3.05, 3.63) is 53.3 Å². The molecule has 0 saturated heterocycles. The van der Waals surface area contributed by atoms with E-state index in [9.17, 15) is 17.6 Å². The van der Waals surface area contributed by atoms with E-state index in [2.05, 4.69) is 17.0 Å². The summed E-state index contributed by atoms with van der Waals surface area (Å²) in [6.45, 7) is 6.00. The Labute approximate surface area is 183 Å². The second kappa shape index (κ2) is 9.36. The van der Waals surface area contributed by atoms with Crippen LogP contribution in [0.3, 0.4) is 0 Å². The van der Waals surface area contributed by atoms with Gasteiger partial charge < -0.3 is 10.1 Å². The first-order valence-corrected chi connectivity index (χ1v) is 11.9. The molecule has 0 aliphatic heterocycles. The molecule has 3 atom stereocenters. The Morgan fingerprint density at radius 3 is 2.58 bits per heavy atom. The van der Waals surface area contributed by atoms with Crippen LogP contribution in [0.5, 0.6) is 5.75 Å². The number of carbonyl (C=O) groups is 1. The molecular weight excluding hydrogens is 419 g/mol. The van der Waals surface area contributed by atoms with Crippen LogP contribution in [-0.2, 0) is 10.0 Å². The van der Waals surface area contributed by atoms with Crippen LogP contribution in [0.1, 0.15) is 49.0 Å². The monoisotopic (exact) mass is 448 g/mol. The first kappa shape index (κ1) is 23.2. The number of methoxy groups -OCH3 is 1. The lowest BCUT2D eigenvalue weighted by Gasteiger charge is -2.34. The molecule has 0 radical (unpaired) electrons. The van der Waals surface area contributed by atoms with Crippen LogP contribution in [0.2, 0.25) is 0 Å². The number of sulfonamides is 1. The zero-order valence-electron chi connectivity index (χ0n) is 18.2. The molecule has 6 nitrogen and oxygen atoms in total. The van der Waals surface area contributed by atoms with Gasteiger partial charge in [-0.15, -0.1) is 0 Å². The van der Waals surface area contributed by atoms with Crippen molar-refractivity contribution >= 4 is 21.6 Å². The number of benzene rings is 2. The number of nitrogens with one attached hydrogen (secondary N) is 2. The molecule has 0 unspecified atom stereocenters. The molecule has 1 amide bonds. The Balaban J connectivity index is 1.86. The second-order valence-corrected chi connectivity index (χ2v) is 10.0. The minimum absolute atomic E-state index is 0.138. The molecule has 8 heteroatoms. The summed E-state index contributed by atoms with van der Waals surface area (Å²) >= 11 is 0. The minimum Gasteiger partial charge on any atom is -0.495 e. The Bertz CT molecular complexity index is 1070. The molecule has 0 spiro atoms. The third-order valence-electron chi connectivity index (χ3n) is 6.11. The van der Waals surface area contributed by atoms with Gasteiger partial charge in [-0.1, -0.05) is 32.8 Å². The number of halogens is 1. The first-order valence-electron chi connectivity index (χ1n) is 10.4. The molecule has 2 aromatic rings. The van der Waals surface area contributed by atoms with Gasteiger partial charge in [0.25, 0.3) is 5.91 Å². The van der Waals surface area contributed by atoms with Gasteiger partial charge in [0.1, 0.15) is 11.6 Å². The summed E-state index contributed by atoms with van der Waals surface area (Å²) < 4.78 is 48.3. The highest BCUT2D eigenvalue weighted by atomic mass is 32.2. The van der Waals surface area contributed by atoms with Crippen LogP contribution >= 0.6 is 0 Å². The predicted octanol–water partition coefficient (Wildman–Crippen LogP) is 4.50. The van der Waals surface area contributed by atoms with Crippen molar-refractivity contribution in [1.82, 2.24) is 4.72 Å². The van der Waals surface area contributed by atoms with Gasteiger partial charge in [0, 0.05) is 6.04 Å². The van der Waals surface area contributed by atoms with Gasteiger partial charge in [-0.3, -0.25) is 4.79 Å². The van der Waals surface area contributed by atoms with E-state index < -0.39 is 21.7 Å². The van der Waals surface area contributed by atoms with Crippen molar-refractivity contribution in [2.45, 2.75) is 51.0 Å². The first-order chi connectivity index (χ1) is 14.6. The van der Waals surface area contributed by atoms with Crippen molar-refractivity contribution in [1.29, 1.82) is 0 Å². The van der Waals surface area contributed by atoms with E-state index in [1.54, 1.807) is 12.1 Å². The summed E-state index contributed by atoms with van der Waals surface area (Å²) in [6.07, 6.45) is 2.78. The summed E-state index contributed by atoms with van der Waals surface area (Å²) in [6, 6.07) is 8.28. The maximum atomic E-state index is 14.4. The average Bonchev–Trinajstić information content (AvgIpc) is 2.71. The Morgan fingerprint density at radius 1 is 1.13 bits per heavy atom. The maximum absolute atomic E-state index is 14.4. The van der Waals surface area contributed by atoms with E-state index in [-0.39, 0.29) is 22.4 Å². The van der Waals surface area contributed by atoms with E-state index >= 15 is 0 Å². The molecule has 168 valence electrons. The summed E-state index contributed by atoms with van der Waals surface area (Å²) in [4.78, 5) is 12.6. The van der Waals surface area contributed by atoms with E-state index in [4.69, 9.17) is 4.74 Å². The van der Waals surface area contributed by atoms with Crippen molar-refractivity contribution in [3.8, 4) is 5.75 Å². The zero-order valence-corrected chi connectivity index (χ0v) is 19.1. The average molecular weight is 449 g/mol. The van der Waals surface area contributed by atoms with Crippen molar-refractivity contribution in [2.75, 3.05) is 12.4 Å². The molecule has 0 heterocycles. The molecular formula is C23H29FN2O4S. The predicted molar refractivity (Wildman–Crippen MR) is 118 cm³/mol. The van der Waals surface area contributed by atoms with Crippen molar-refractivity contribution < 1.29 is 22.3 Å². The van der Waals surface area contributed by atoms with Gasteiger partial charge in [-0.2, -0.15) is 0 Å². The standard InChI is InChI=1S/C23H29FN2O4S/c1-14-8-11-22(30-4)21(12-14)25-23(27)18-13-17(9-10-19(18)24)31(28,29)26-20-7-5-6-15(2)16(20)3/h8-13,15-16,20,26H,5-7H2,1-4H3,(H,25,27)/t15-,16-,20+/m0/s1. The zero-order chi connectivity index (χ0) is 22.8. The van der Waals surface area contributed by atoms with Crippen LogP contribution in [0.25, 0.3) is 0 Å². The summed E-state index contributed by atoms with van der Waals surface area (Å²) in [5.41, 5.74) is 0.910. The van der Waals surface area contributed by atoms with E-state index in [1.165, 1.54) is 13.2 Å². The van der Waals surface area contributed by atoms with Gasteiger partial charge in [-0.05, 0) is 61.1 Å². The Kier molecular flexibility index (Phi) is 7.01. The van der Waals surface area contributed by atoms with Gasteiger partial charge in [0.05, 0.1) is 23.3 Å². The number of anilines is 1. The van der Waals surface area contributed by atoms with Crippen LogP contribution in [0.4, 0.5) is 10.1 Å². The smallest absolute Gasteiger partial charge is 0.258 e. The molecule has 31 heavy (non-hydrogen) atoms. The number of aryl methyl sites for hydroxylation is 1. The number of carbonyl (C=O) groups excluding carboxylic acids is 1. The summed E-state index contributed by atoms with van der Waals surface area (Å²) in [5.74, 6) is -0.521. The highest BCUT2D eigenvalue weighted by molar-refractivity contribution is 7.89. The molecule has 1 aliphatic rings. The largest absolute Gasteiger partial charge is 0.495 e. The topological polar surface area (TPSA) is 84.5 Å². The fourth-order valence-electron chi connectivity index (χ4n) is 3.97. The molecule has 1 fully saturated rings. The van der Waals surface area contributed by atoms with Crippen LogP contribution in [0, 0.1) is 24.6 Å². The Hall–Kier alpha value is -2.45. The molecule has 2 aromatic carbocycles. The quantitative estimate of drug-likeness (QED) is 0.682. The van der Waals surface area contributed by atoms with Crippen LogP contribution in [0.15, 0.2) is 41.3 Å². The van der Waals surface area contributed by atoms with Crippen LogP contribution in [-0.4, -0.2) is 27.5 Å². The lowest BCUT2D eigenvalue weighted by Crippen LogP contribution is -2.43. The number of hydrogen-bond acceptors (Lipinski definition) is 4. The number of ether oxygens (including phenoxy) is 1. The van der Waals surface area contributed by atoms with E-state index in [0.29, 0.717) is 17.4 Å². The fourth-order valence-corrected chi connectivity index (χ4v) is 5.36. The molecule has 0 aromatic heterocycles. The van der Waals surface area contributed by atoms with Gasteiger partial charge in [-0.25, -0.2) is 17.5 Å². The molecule has 1 saturated carbocycles. The van der Waals surface area contributed by atoms with Gasteiger partial charge in [0.15, 0.2) is 0 Å². The summed E-state index contributed by atoms with van der Waals surface area (Å²) in [7, 11) is -2.44. The third kappa shape index (κ3) is 5.25. The number of rotatable bonds is 6. The molecule has 3 rings (SSSR count). The lowest BCUT2D eigenvalue weighted by atomic mass is 9.78. The molecule has 0 bridgehead atoms. The lowest BCUT2D eigenvalue weighted by molar-refractivity contribution is 0.102.